The lowest BCUT2D eigenvalue weighted by Crippen LogP contribution is -2.19. The quantitative estimate of drug-likeness (QED) is 0.383. The molecule has 2 N–H and O–H groups in total. The molecule has 0 bridgehead atoms. The van der Waals surface area contributed by atoms with Crippen molar-refractivity contribution < 1.29 is 9.72 Å². The monoisotopic (exact) mass is 329 g/mol. The van der Waals surface area contributed by atoms with Crippen LogP contribution in [0.4, 0.5) is 17.1 Å². The lowest BCUT2D eigenvalue weighted by atomic mass is 10.1. The Morgan fingerprint density at radius 1 is 1.13 bits per heavy atom. The lowest BCUT2D eigenvalue weighted by molar-refractivity contribution is -0.384. The molecule has 7 heteroatoms. The number of nitro benzene ring substituents is 1. The molecule has 2 aromatic rings. The van der Waals surface area contributed by atoms with Crippen LogP contribution in [-0.4, -0.2) is 15.8 Å². The second-order valence-corrected chi connectivity index (χ2v) is 5.38. The van der Waals surface area contributed by atoms with Gasteiger partial charge in [-0.2, -0.15) is 0 Å². The molecule has 0 aliphatic heterocycles. The van der Waals surface area contributed by atoms with Gasteiger partial charge in [-0.1, -0.05) is 0 Å². The molecule has 0 aromatic heterocycles. The third-order valence-corrected chi connectivity index (χ3v) is 3.42. The lowest BCUT2D eigenvalue weighted by Gasteiger charge is -2.12. The Morgan fingerprint density at radius 2 is 1.78 bits per heavy atom. The molecule has 118 valence electrons. The predicted octanol–water partition coefficient (Wildman–Crippen LogP) is 3.91. The summed E-state index contributed by atoms with van der Waals surface area (Å²) in [6, 6.07) is 11.4. The molecule has 0 heterocycles. The molecule has 0 radical (unpaired) electrons. The van der Waals surface area contributed by atoms with Crippen LogP contribution < -0.4 is 10.6 Å². The highest BCUT2D eigenvalue weighted by molar-refractivity contribution is 7.80. The maximum atomic E-state index is 11.2. The van der Waals surface area contributed by atoms with Crippen molar-refractivity contribution in [1.82, 2.24) is 0 Å². The van der Waals surface area contributed by atoms with Gasteiger partial charge in [-0.05, 0) is 62.0 Å². The van der Waals surface area contributed by atoms with Gasteiger partial charge in [0.1, 0.15) is 0 Å². The number of nitrogens with one attached hydrogen (secondary N) is 2. The molecule has 0 aliphatic rings. The summed E-state index contributed by atoms with van der Waals surface area (Å²) in [5.41, 5.74) is 2.81. The largest absolute Gasteiger partial charge is 0.332 e. The first-order valence-electron chi connectivity index (χ1n) is 6.81. The van der Waals surface area contributed by atoms with Gasteiger partial charge in [-0.3, -0.25) is 14.9 Å². The van der Waals surface area contributed by atoms with Crippen molar-refractivity contribution in [2.45, 2.75) is 13.8 Å². The number of carbonyl (C=O) groups is 1. The third-order valence-electron chi connectivity index (χ3n) is 3.22. The van der Waals surface area contributed by atoms with Crippen molar-refractivity contribution in [3.05, 3.63) is 63.7 Å². The summed E-state index contributed by atoms with van der Waals surface area (Å²) >= 11 is 5.22. The predicted molar refractivity (Wildman–Crippen MR) is 94.1 cm³/mol. The molecule has 0 saturated carbocycles. The van der Waals surface area contributed by atoms with Gasteiger partial charge < -0.3 is 10.6 Å². The molecule has 2 aromatic carbocycles. The van der Waals surface area contributed by atoms with Gasteiger partial charge in [-0.25, -0.2) is 0 Å². The van der Waals surface area contributed by atoms with Crippen LogP contribution in [0.3, 0.4) is 0 Å². The Labute approximate surface area is 138 Å². The summed E-state index contributed by atoms with van der Waals surface area (Å²) in [6.07, 6.45) is 0. The average Bonchev–Trinajstić information content (AvgIpc) is 2.49. The molecule has 0 atom stereocenters. The number of thiocarbonyl (C=S) groups is 1. The summed E-state index contributed by atoms with van der Waals surface area (Å²) in [6.45, 7) is 3.27. The van der Waals surface area contributed by atoms with Gasteiger partial charge in [0, 0.05) is 29.1 Å². The van der Waals surface area contributed by atoms with E-state index in [1.165, 1.54) is 19.1 Å². The van der Waals surface area contributed by atoms with Crippen LogP contribution in [0.25, 0.3) is 0 Å². The van der Waals surface area contributed by atoms with Gasteiger partial charge in [0.25, 0.3) is 5.69 Å². The van der Waals surface area contributed by atoms with Crippen LogP contribution in [-0.2, 0) is 0 Å². The Kier molecular flexibility index (Phi) is 5.02. The third kappa shape index (κ3) is 4.33. The van der Waals surface area contributed by atoms with E-state index in [2.05, 4.69) is 10.6 Å². The summed E-state index contributed by atoms with van der Waals surface area (Å²) in [5, 5.41) is 17.1. The van der Waals surface area contributed by atoms with E-state index in [0.717, 1.165) is 11.3 Å². The van der Waals surface area contributed by atoms with Crippen molar-refractivity contribution in [2.24, 2.45) is 0 Å². The maximum Gasteiger partial charge on any atom is 0.269 e. The van der Waals surface area contributed by atoms with Crippen LogP contribution in [0.1, 0.15) is 22.8 Å². The fraction of sp³-hybridized carbons (Fsp3) is 0.125. The minimum absolute atomic E-state index is 0.00115. The summed E-state index contributed by atoms with van der Waals surface area (Å²) in [7, 11) is 0. The van der Waals surface area contributed by atoms with E-state index in [9.17, 15) is 14.9 Å². The van der Waals surface area contributed by atoms with Crippen molar-refractivity contribution in [3.63, 3.8) is 0 Å². The molecule has 0 spiro atoms. The number of benzene rings is 2. The average molecular weight is 329 g/mol. The normalized spacial score (nSPS) is 10.0. The minimum atomic E-state index is -0.441. The van der Waals surface area contributed by atoms with Crippen LogP contribution in [0.15, 0.2) is 42.5 Å². The number of nitro groups is 1. The molecular formula is C16H15N3O3S. The number of aryl methyl sites for hydroxylation is 1. The van der Waals surface area contributed by atoms with Gasteiger partial charge in [0.15, 0.2) is 10.9 Å². The first-order valence-corrected chi connectivity index (χ1v) is 7.21. The Bertz CT molecular complexity index is 773. The van der Waals surface area contributed by atoms with Crippen LogP contribution in [0.2, 0.25) is 0 Å². The number of hydrogen-bond donors (Lipinski definition) is 2. The van der Waals surface area contributed by atoms with Crippen LogP contribution >= 0.6 is 12.2 Å². The molecule has 0 unspecified atom stereocenters. The van der Waals surface area contributed by atoms with Crippen molar-refractivity contribution in [2.75, 3.05) is 10.6 Å². The molecule has 0 saturated heterocycles. The van der Waals surface area contributed by atoms with Gasteiger partial charge in [0.05, 0.1) is 4.92 Å². The maximum absolute atomic E-state index is 11.2. The topological polar surface area (TPSA) is 84.3 Å². The van der Waals surface area contributed by atoms with E-state index in [0.29, 0.717) is 16.4 Å². The van der Waals surface area contributed by atoms with Gasteiger partial charge in [0.2, 0.25) is 0 Å². The second-order valence-electron chi connectivity index (χ2n) is 4.97. The molecule has 23 heavy (non-hydrogen) atoms. The smallest absolute Gasteiger partial charge is 0.269 e. The highest BCUT2D eigenvalue weighted by Gasteiger charge is 2.09. The van der Waals surface area contributed by atoms with E-state index >= 15 is 0 Å². The van der Waals surface area contributed by atoms with E-state index in [-0.39, 0.29) is 11.5 Å². The van der Waals surface area contributed by atoms with Gasteiger partial charge in [-0.15, -0.1) is 0 Å². The highest BCUT2D eigenvalue weighted by Crippen LogP contribution is 2.21. The standard InChI is InChI=1S/C16H15N3O3S/c1-10-9-14(19(21)22)7-8-15(10)18-16(23)17-13-5-3-12(4-6-13)11(2)20/h3-9H,1-2H3,(H2,17,18,23). The molecule has 0 fully saturated rings. The van der Waals surface area contributed by atoms with Crippen LogP contribution in [0, 0.1) is 17.0 Å². The second kappa shape index (κ2) is 6.97. The highest BCUT2D eigenvalue weighted by atomic mass is 32.1. The molecule has 2 rings (SSSR count). The van der Waals surface area contributed by atoms with Crippen LogP contribution in [0.5, 0.6) is 0 Å². The van der Waals surface area contributed by atoms with E-state index < -0.39 is 4.92 Å². The number of anilines is 2. The van der Waals surface area contributed by atoms with Gasteiger partial charge >= 0.3 is 0 Å². The Morgan fingerprint density at radius 3 is 2.30 bits per heavy atom. The minimum Gasteiger partial charge on any atom is -0.332 e. The Hall–Kier alpha value is -2.80. The number of ketones is 1. The number of non-ortho nitro benzene ring substituents is 1. The zero-order valence-corrected chi connectivity index (χ0v) is 13.4. The fourth-order valence-corrected chi connectivity index (χ4v) is 2.20. The summed E-state index contributed by atoms with van der Waals surface area (Å²) in [4.78, 5) is 21.5. The Balaban J connectivity index is 2.04. The SMILES string of the molecule is CC(=O)c1ccc(NC(=S)Nc2ccc([N+](=O)[O-])cc2C)cc1. The van der Waals surface area contributed by atoms with E-state index in [4.69, 9.17) is 12.2 Å². The number of rotatable bonds is 4. The number of hydrogen-bond acceptors (Lipinski definition) is 4. The van der Waals surface area contributed by atoms with Crippen molar-refractivity contribution in [1.29, 1.82) is 0 Å². The number of Topliss-reactive ketones (excluding diaryl/α,β-unsaturated/α-hetero) is 1. The van der Waals surface area contributed by atoms with Crippen molar-refractivity contribution in [3.8, 4) is 0 Å². The first-order chi connectivity index (χ1) is 10.9. The summed E-state index contributed by atoms with van der Waals surface area (Å²) < 4.78 is 0. The fourth-order valence-electron chi connectivity index (χ4n) is 1.97. The van der Waals surface area contributed by atoms with E-state index in [1.54, 1.807) is 37.3 Å². The van der Waals surface area contributed by atoms with Crippen molar-refractivity contribution >= 4 is 40.2 Å². The molecule has 0 aliphatic carbocycles. The zero-order chi connectivity index (χ0) is 17.0. The van der Waals surface area contributed by atoms with E-state index in [1.807, 2.05) is 0 Å². The zero-order valence-electron chi connectivity index (χ0n) is 12.6. The molecule has 6 nitrogen and oxygen atoms in total. The molecular weight excluding hydrogens is 314 g/mol. The summed E-state index contributed by atoms with van der Waals surface area (Å²) in [5.74, 6) is -0.00115. The molecule has 0 amide bonds. The first kappa shape index (κ1) is 16.6. The number of carbonyl (C=O) groups excluding carboxylic acids is 1. The number of nitrogens with zero attached hydrogens (tertiary/aromatic N) is 1.